The quantitative estimate of drug-likeness (QED) is 0.0836. The van der Waals surface area contributed by atoms with E-state index in [-0.39, 0.29) is 48.7 Å². The van der Waals surface area contributed by atoms with Crippen molar-refractivity contribution in [1.29, 1.82) is 0 Å². The summed E-state index contributed by atoms with van der Waals surface area (Å²) in [5.41, 5.74) is 1.09. The van der Waals surface area contributed by atoms with Gasteiger partial charge in [0.05, 0.1) is 24.0 Å². The van der Waals surface area contributed by atoms with Gasteiger partial charge in [-0.05, 0) is 76.3 Å². The fourth-order valence-electron chi connectivity index (χ4n) is 8.47. The number of fused-ring (bicyclic) bond motifs is 1. The molecule has 5 rings (SSSR count). The van der Waals surface area contributed by atoms with Gasteiger partial charge in [0.2, 0.25) is 11.8 Å². The number of ether oxygens (including phenoxy) is 2. The highest BCUT2D eigenvalue weighted by Gasteiger charge is 2.77. The maximum absolute atomic E-state index is 15.0. The van der Waals surface area contributed by atoms with E-state index in [1.165, 1.54) is 0 Å². The molecule has 3 fully saturated rings. The fraction of sp³-hybridized carbons (Fsp3) is 0.524. The first-order valence-corrected chi connectivity index (χ1v) is 20.0. The van der Waals surface area contributed by atoms with Gasteiger partial charge in [-0.1, -0.05) is 58.4 Å². The van der Waals surface area contributed by atoms with Gasteiger partial charge in [-0.2, -0.15) is 0 Å². The van der Waals surface area contributed by atoms with Crippen LogP contribution >= 0.6 is 15.9 Å². The Balaban J connectivity index is 1.50. The molecule has 8 atom stereocenters. The number of hydrogen-bond donors (Lipinski definition) is 1. The molecule has 3 saturated heterocycles. The summed E-state index contributed by atoms with van der Waals surface area (Å²) in [5.74, 6) is -3.37. The molecule has 1 spiro atoms. The number of unbranched alkanes of at least 4 members (excludes halogenated alkanes) is 1. The molecule has 1 unspecified atom stereocenters. The molecule has 0 radical (unpaired) electrons. The third-order valence-corrected chi connectivity index (χ3v) is 12.2. The van der Waals surface area contributed by atoms with Crippen molar-refractivity contribution >= 4 is 51.0 Å². The molecule has 1 N–H and O–H groups in total. The topological polar surface area (TPSA) is 120 Å². The summed E-state index contributed by atoms with van der Waals surface area (Å²) in [5, 5.41) is 9.62. The van der Waals surface area contributed by atoms with E-state index in [4.69, 9.17) is 9.47 Å². The average molecular weight is 808 g/mol. The summed E-state index contributed by atoms with van der Waals surface area (Å²) in [4.78, 5) is 64.0. The Morgan fingerprint density at radius 2 is 1.72 bits per heavy atom. The monoisotopic (exact) mass is 806 g/mol. The molecule has 11 nitrogen and oxygen atoms in total. The van der Waals surface area contributed by atoms with Crippen LogP contribution < -0.4 is 9.80 Å². The second-order valence-corrected chi connectivity index (χ2v) is 15.6. The van der Waals surface area contributed by atoms with Crippen molar-refractivity contribution in [2.45, 2.75) is 87.6 Å². The maximum Gasteiger partial charge on any atom is 0.313 e. The van der Waals surface area contributed by atoms with Crippen LogP contribution in [-0.4, -0.2) is 107 Å². The van der Waals surface area contributed by atoms with E-state index < -0.39 is 47.7 Å². The zero-order valence-corrected chi connectivity index (χ0v) is 33.5. The lowest BCUT2D eigenvalue weighted by atomic mass is 9.70. The van der Waals surface area contributed by atoms with Crippen LogP contribution in [0.2, 0.25) is 0 Å². The zero-order chi connectivity index (χ0) is 39.2. The van der Waals surface area contributed by atoms with Gasteiger partial charge in [-0.3, -0.25) is 19.2 Å². The number of rotatable bonds is 19. The fourth-order valence-corrected chi connectivity index (χ4v) is 9.41. The van der Waals surface area contributed by atoms with E-state index in [0.717, 1.165) is 18.8 Å². The van der Waals surface area contributed by atoms with Crippen molar-refractivity contribution < 1.29 is 33.8 Å². The number of alkyl halides is 1. The zero-order valence-electron chi connectivity index (χ0n) is 31.9. The average Bonchev–Trinajstić information content (AvgIpc) is 3.78. The first kappa shape index (κ1) is 41.2. The third kappa shape index (κ3) is 7.88. The molecule has 54 heavy (non-hydrogen) atoms. The molecule has 0 aromatic heterocycles. The van der Waals surface area contributed by atoms with E-state index in [1.54, 1.807) is 33.9 Å². The predicted octanol–water partition coefficient (Wildman–Crippen LogP) is 5.67. The molecule has 3 heterocycles. The Bertz CT molecular complexity index is 1650. The van der Waals surface area contributed by atoms with Crippen molar-refractivity contribution in [1.82, 2.24) is 9.80 Å². The minimum atomic E-state index is -1.30. The van der Waals surface area contributed by atoms with Crippen LogP contribution in [0.15, 0.2) is 79.9 Å². The summed E-state index contributed by atoms with van der Waals surface area (Å²) in [6, 6.07) is 15.5. The number of anilines is 2. The number of allylic oxidation sites excluding steroid dienone is 1. The van der Waals surface area contributed by atoms with Crippen LogP contribution in [0, 0.1) is 11.8 Å². The van der Waals surface area contributed by atoms with Gasteiger partial charge in [-0.15, -0.1) is 13.2 Å². The van der Waals surface area contributed by atoms with Gasteiger partial charge in [0.25, 0.3) is 5.91 Å². The van der Waals surface area contributed by atoms with Crippen molar-refractivity contribution in [3.05, 3.63) is 85.5 Å². The Kier molecular flexibility index (Phi) is 13.8. The smallest absolute Gasteiger partial charge is 0.313 e. The van der Waals surface area contributed by atoms with E-state index in [0.29, 0.717) is 36.9 Å². The molecular formula is C42H55BrN4O7. The first-order chi connectivity index (χ1) is 26.0. The minimum Gasteiger partial charge on any atom is -0.455 e. The molecule has 3 aliphatic heterocycles. The predicted molar refractivity (Wildman–Crippen MR) is 213 cm³/mol. The second-order valence-electron chi connectivity index (χ2n) is 14.4. The number of nitrogens with zero attached hydrogens (tertiary/aromatic N) is 4. The molecule has 2 aromatic rings. The third-order valence-electron chi connectivity index (χ3n) is 11.3. The van der Waals surface area contributed by atoms with E-state index >= 15 is 0 Å². The molecule has 0 saturated carbocycles. The number of esters is 1. The van der Waals surface area contributed by atoms with Gasteiger partial charge in [0.1, 0.15) is 17.7 Å². The molecule has 3 amide bonds. The highest BCUT2D eigenvalue weighted by Crippen LogP contribution is 2.60. The number of hydrogen-bond acceptors (Lipinski definition) is 8. The van der Waals surface area contributed by atoms with Crippen LogP contribution in [0.5, 0.6) is 0 Å². The maximum atomic E-state index is 15.0. The normalized spacial score (nSPS) is 25.1. The number of carbonyl (C=O) groups is 4. The Morgan fingerprint density at radius 3 is 2.33 bits per heavy atom. The van der Waals surface area contributed by atoms with Crippen molar-refractivity contribution in [2.75, 3.05) is 49.6 Å². The van der Waals surface area contributed by atoms with Crippen LogP contribution in [-0.2, 0) is 28.7 Å². The Hall–Kier alpha value is -4.00. The van der Waals surface area contributed by atoms with Gasteiger partial charge in [0, 0.05) is 62.5 Å². The van der Waals surface area contributed by atoms with Gasteiger partial charge in [-0.25, -0.2) is 0 Å². The number of likely N-dealkylation sites (N-methyl/N-ethyl adjacent to an activating group) is 1. The van der Waals surface area contributed by atoms with Gasteiger partial charge >= 0.3 is 5.97 Å². The van der Waals surface area contributed by atoms with E-state index in [2.05, 4.69) is 47.8 Å². The number of halogens is 1. The van der Waals surface area contributed by atoms with Gasteiger partial charge in [0.15, 0.2) is 0 Å². The number of aliphatic hydroxyl groups is 1. The number of aliphatic hydroxyl groups excluding tert-OH is 1. The van der Waals surface area contributed by atoms with Crippen molar-refractivity contribution in [3.8, 4) is 0 Å². The number of amides is 3. The summed E-state index contributed by atoms with van der Waals surface area (Å²) in [6.07, 6.45) is 3.82. The second kappa shape index (κ2) is 18.1. The summed E-state index contributed by atoms with van der Waals surface area (Å²) >= 11 is 3.77. The van der Waals surface area contributed by atoms with Crippen LogP contribution in [0.25, 0.3) is 0 Å². The number of benzene rings is 2. The van der Waals surface area contributed by atoms with Crippen LogP contribution in [0.1, 0.15) is 64.5 Å². The summed E-state index contributed by atoms with van der Waals surface area (Å²) in [6.45, 7) is 15.7. The molecule has 2 aromatic carbocycles. The molecule has 0 aliphatic carbocycles. The largest absolute Gasteiger partial charge is 0.455 e. The Morgan fingerprint density at radius 1 is 1.06 bits per heavy atom. The van der Waals surface area contributed by atoms with Crippen molar-refractivity contribution in [3.63, 3.8) is 0 Å². The number of carbonyl (C=O) groups excluding carboxylic acids is 4. The lowest BCUT2D eigenvalue weighted by Gasteiger charge is -2.37. The van der Waals surface area contributed by atoms with Crippen molar-refractivity contribution in [2.24, 2.45) is 11.8 Å². The van der Waals surface area contributed by atoms with Crippen LogP contribution in [0.4, 0.5) is 11.4 Å². The highest BCUT2D eigenvalue weighted by molar-refractivity contribution is 9.09. The van der Waals surface area contributed by atoms with E-state index in [9.17, 15) is 24.3 Å². The lowest BCUT2D eigenvalue weighted by molar-refractivity contribution is -0.164. The lowest BCUT2D eigenvalue weighted by Crippen LogP contribution is -2.57. The molecule has 292 valence electrons. The highest BCUT2D eigenvalue weighted by atomic mass is 79.9. The summed E-state index contributed by atoms with van der Waals surface area (Å²) in [7, 11) is 1.69. The molecule has 3 aliphatic rings. The van der Waals surface area contributed by atoms with E-state index in [1.807, 2.05) is 61.5 Å². The molecule has 2 bridgehead atoms. The van der Waals surface area contributed by atoms with Gasteiger partial charge < -0.3 is 34.2 Å². The first-order valence-electron chi connectivity index (χ1n) is 19.1. The Labute approximate surface area is 328 Å². The minimum absolute atomic E-state index is 0.0582. The molecule has 12 heteroatoms. The SMILES string of the molecule is C=CCCC(=O)N(C)[C@H](C)[C@H](OC(=O)[C@@H]1[C@H]2O[C@@]3(CC2Br)[C@H](C(=O)N(CC=C)c2ccc(N(CC)CC)cc2)N(CCCCO)C(=O)[C@@H]13)c1ccccc1. The number of likely N-dealkylation sites (tertiary alicyclic amines) is 1. The van der Waals surface area contributed by atoms with Crippen LogP contribution in [0.3, 0.4) is 0 Å². The standard InChI is InChI=1S/C42H55BrN4O7/c1-7-11-19-33(49)44(6)28(5)36(29-17-13-12-14-18-29)53-41(52)34-35-39(50)47(25-15-16-26-48)38(42(35)27-32(43)37(34)54-42)40(51)46(24-8-2)31-22-20-30(21-23-31)45(9-3)10-4/h7-8,12-14,17-18,20-23,28,32,34-38,48H,1-2,9-11,15-16,19,24-27H2,3-6H3/t28-,32?,34+,35-,36+,37+,38+,42-/m1/s1. The summed E-state index contributed by atoms with van der Waals surface area (Å²) < 4.78 is 13.2. The molecular weight excluding hydrogens is 752 g/mol.